The van der Waals surface area contributed by atoms with Gasteiger partial charge in [-0.05, 0) is 30.5 Å². The summed E-state index contributed by atoms with van der Waals surface area (Å²) in [6.07, 6.45) is 0.335. The average molecular weight is 578 g/mol. The van der Waals surface area contributed by atoms with Gasteiger partial charge in [-0.3, -0.25) is 19.7 Å². The summed E-state index contributed by atoms with van der Waals surface area (Å²) in [4.78, 5) is 41.5. The van der Waals surface area contributed by atoms with Crippen molar-refractivity contribution in [3.05, 3.63) is 111 Å². The highest BCUT2D eigenvalue weighted by atomic mass is 16.6. The Balaban J connectivity index is 1.76. The summed E-state index contributed by atoms with van der Waals surface area (Å²) in [7, 11) is 0. The van der Waals surface area contributed by atoms with Crippen molar-refractivity contribution in [1.29, 1.82) is 0 Å². The van der Waals surface area contributed by atoms with E-state index in [1.54, 1.807) is 17.0 Å². The number of hydrogen-bond donors (Lipinski definition) is 2. The molecule has 1 aliphatic heterocycles. The zero-order chi connectivity index (χ0) is 30.7. The predicted octanol–water partition coefficient (Wildman–Crippen LogP) is 5.88. The Morgan fingerprint density at radius 2 is 1.63 bits per heavy atom. The van der Waals surface area contributed by atoms with Crippen LogP contribution in [-0.2, 0) is 15.0 Å². The molecule has 0 spiro atoms. The van der Waals surface area contributed by atoms with Crippen LogP contribution in [0.5, 0.6) is 0 Å². The van der Waals surface area contributed by atoms with Gasteiger partial charge in [-0.25, -0.2) is 4.68 Å². The summed E-state index contributed by atoms with van der Waals surface area (Å²) in [5.74, 6) is -0.815. The molecule has 1 aliphatic carbocycles. The fourth-order valence-electron chi connectivity index (χ4n) is 6.60. The first-order chi connectivity index (χ1) is 20.5. The molecule has 0 bridgehead atoms. The second-order valence-corrected chi connectivity index (χ2v) is 11.7. The van der Waals surface area contributed by atoms with Crippen LogP contribution >= 0.6 is 0 Å². The van der Waals surface area contributed by atoms with E-state index < -0.39 is 21.7 Å². The van der Waals surface area contributed by atoms with Crippen molar-refractivity contribution < 1.29 is 19.6 Å². The third kappa shape index (κ3) is 4.12. The van der Waals surface area contributed by atoms with Gasteiger partial charge in [-0.1, -0.05) is 62.4 Å². The molecule has 218 valence electrons. The lowest BCUT2D eigenvalue weighted by molar-refractivity contribution is -0.384. The van der Waals surface area contributed by atoms with Crippen LogP contribution in [0.4, 0.5) is 17.2 Å². The quantitative estimate of drug-likeness (QED) is 0.215. The number of allylic oxidation sites excluding steroid dienone is 1. The third-order valence-corrected chi connectivity index (χ3v) is 8.36. The number of aliphatic hydroxyl groups is 1. The number of anilines is 2. The minimum absolute atomic E-state index is 0.00681. The summed E-state index contributed by atoms with van der Waals surface area (Å²) in [6.45, 7) is 5.99. The number of nitrogen functional groups attached to an aromatic ring is 1. The zero-order valence-electron chi connectivity index (χ0n) is 24.1. The summed E-state index contributed by atoms with van der Waals surface area (Å²) < 4.78 is 1.43. The molecule has 1 aromatic heterocycles. The molecular formula is C33H31N5O5. The molecule has 6 rings (SSSR count). The number of nitrogens with two attached hydrogens (primary N) is 1. The van der Waals surface area contributed by atoms with Crippen LogP contribution in [0, 0.1) is 15.5 Å². The largest absolute Gasteiger partial charge is 0.512 e. The number of ketones is 1. The van der Waals surface area contributed by atoms with Gasteiger partial charge in [0, 0.05) is 53.9 Å². The average Bonchev–Trinajstić information content (AvgIpc) is 3.44. The Labute approximate surface area is 248 Å². The van der Waals surface area contributed by atoms with Crippen LogP contribution in [0.15, 0.2) is 90.2 Å². The van der Waals surface area contributed by atoms with Gasteiger partial charge in [-0.15, -0.1) is 0 Å². The van der Waals surface area contributed by atoms with Gasteiger partial charge in [-0.2, -0.15) is 5.10 Å². The second kappa shape index (κ2) is 9.94. The molecule has 43 heavy (non-hydrogen) atoms. The first-order valence-electron chi connectivity index (χ1n) is 14.1. The number of aliphatic hydroxyl groups excluding tert-OH is 1. The highest BCUT2D eigenvalue weighted by molar-refractivity contribution is 6.20. The van der Waals surface area contributed by atoms with Crippen LogP contribution < -0.4 is 10.6 Å². The second-order valence-electron chi connectivity index (χ2n) is 11.7. The van der Waals surface area contributed by atoms with E-state index in [2.05, 4.69) is 0 Å². The minimum Gasteiger partial charge on any atom is -0.512 e. The van der Waals surface area contributed by atoms with Crippen molar-refractivity contribution in [3.8, 4) is 16.9 Å². The molecule has 1 amide bonds. The van der Waals surface area contributed by atoms with Gasteiger partial charge in [0.1, 0.15) is 17.0 Å². The smallest absolute Gasteiger partial charge is 0.269 e. The number of carbonyl (C=O) groups is 2. The highest BCUT2D eigenvalue weighted by Crippen LogP contribution is 2.57. The maximum absolute atomic E-state index is 14.9. The van der Waals surface area contributed by atoms with Gasteiger partial charge < -0.3 is 15.7 Å². The number of benzene rings is 3. The number of likely N-dealkylation sites (N-methyl/N-ethyl adjacent to an activating group) is 1. The summed E-state index contributed by atoms with van der Waals surface area (Å²) in [5, 5.41) is 27.9. The molecule has 10 heteroatoms. The number of nitro groups is 1. The molecule has 2 aliphatic rings. The van der Waals surface area contributed by atoms with E-state index in [4.69, 9.17) is 10.8 Å². The Morgan fingerprint density at radius 3 is 2.26 bits per heavy atom. The van der Waals surface area contributed by atoms with Gasteiger partial charge in [0.05, 0.1) is 21.9 Å². The number of rotatable bonds is 6. The third-order valence-electron chi connectivity index (χ3n) is 8.36. The molecule has 3 aromatic carbocycles. The molecule has 10 nitrogen and oxygen atoms in total. The van der Waals surface area contributed by atoms with Crippen LogP contribution in [-0.4, -0.2) is 38.0 Å². The molecule has 0 fully saturated rings. The Morgan fingerprint density at radius 1 is 0.977 bits per heavy atom. The van der Waals surface area contributed by atoms with Crippen molar-refractivity contribution in [2.75, 3.05) is 17.2 Å². The Hall–Kier alpha value is -5.25. The summed E-state index contributed by atoms with van der Waals surface area (Å²) in [6, 6.07) is 22.2. The number of fused-ring (bicyclic) bond motifs is 1. The van der Waals surface area contributed by atoms with Crippen molar-refractivity contribution >= 4 is 28.9 Å². The number of amides is 1. The molecule has 0 saturated carbocycles. The monoisotopic (exact) mass is 577 g/mol. The van der Waals surface area contributed by atoms with Gasteiger partial charge in [0.25, 0.3) is 5.69 Å². The first kappa shape index (κ1) is 27.9. The molecule has 4 aromatic rings. The van der Waals surface area contributed by atoms with Gasteiger partial charge in [0.15, 0.2) is 5.78 Å². The molecule has 1 atom stereocenters. The Kier molecular flexibility index (Phi) is 6.45. The molecule has 0 radical (unpaired) electrons. The first-order valence-corrected chi connectivity index (χ1v) is 14.1. The molecule has 3 N–H and O–H groups in total. The number of nitrogens with zero attached hydrogens (tertiary/aromatic N) is 4. The molecule has 0 saturated heterocycles. The zero-order valence-corrected chi connectivity index (χ0v) is 24.1. The molecule has 1 unspecified atom stereocenters. The van der Waals surface area contributed by atoms with Crippen molar-refractivity contribution in [2.45, 2.75) is 39.0 Å². The lowest BCUT2D eigenvalue weighted by atomic mass is 9.62. The van der Waals surface area contributed by atoms with Crippen LogP contribution in [0.1, 0.15) is 44.7 Å². The number of para-hydroxylation sites is 1. The number of non-ortho nitro benzene ring substituents is 1. The molecular weight excluding hydrogens is 546 g/mol. The number of aromatic nitrogens is 2. The topological polar surface area (TPSA) is 145 Å². The SMILES string of the molecule is CCN1C(=O)C(C2=C(O)CC(C)(C)CC2=O)(c2c(-c3ccccc3)nn(-c3ccc([N+](=O)[O-])cc3)c2N)c2ccccc21. The summed E-state index contributed by atoms with van der Waals surface area (Å²) >= 11 is 0. The van der Waals surface area contributed by atoms with E-state index in [0.29, 0.717) is 34.7 Å². The van der Waals surface area contributed by atoms with Crippen molar-refractivity contribution in [1.82, 2.24) is 9.78 Å². The van der Waals surface area contributed by atoms with E-state index in [-0.39, 0.29) is 47.0 Å². The van der Waals surface area contributed by atoms with E-state index in [1.807, 2.05) is 63.2 Å². The van der Waals surface area contributed by atoms with Crippen molar-refractivity contribution in [2.24, 2.45) is 5.41 Å². The van der Waals surface area contributed by atoms with Crippen molar-refractivity contribution in [3.63, 3.8) is 0 Å². The lowest BCUT2D eigenvalue weighted by Crippen LogP contribution is -2.47. The van der Waals surface area contributed by atoms with Gasteiger partial charge in [0.2, 0.25) is 5.91 Å². The minimum atomic E-state index is -1.79. The van der Waals surface area contributed by atoms with E-state index in [9.17, 15) is 24.8 Å². The Bertz CT molecular complexity index is 1820. The van der Waals surface area contributed by atoms with E-state index in [0.717, 1.165) is 0 Å². The highest BCUT2D eigenvalue weighted by Gasteiger charge is 2.61. The van der Waals surface area contributed by atoms with E-state index >= 15 is 0 Å². The number of Topliss-reactive ketones (excluding diaryl/α,β-unsaturated/α-hetero) is 1. The lowest BCUT2D eigenvalue weighted by Gasteiger charge is -2.38. The van der Waals surface area contributed by atoms with E-state index in [1.165, 1.54) is 28.9 Å². The number of carbonyl (C=O) groups excluding carboxylic acids is 2. The standard InChI is InChI=1S/C33H31N5O5/c1-4-36-24-13-9-8-12-23(24)33(31(36)41,27-25(39)18-32(2,3)19-26(27)40)28-29(20-10-6-5-7-11-20)35-37(30(28)34)21-14-16-22(17-15-21)38(42)43/h5-17,39H,4,18-19,34H2,1-3H3. The maximum atomic E-state index is 14.9. The number of hydrogen-bond acceptors (Lipinski definition) is 7. The normalized spacial score (nSPS) is 19.6. The number of nitro benzene ring substituents is 1. The summed E-state index contributed by atoms with van der Waals surface area (Å²) in [5.41, 5.74) is 7.45. The van der Waals surface area contributed by atoms with Crippen LogP contribution in [0.3, 0.4) is 0 Å². The van der Waals surface area contributed by atoms with Crippen LogP contribution in [0.25, 0.3) is 16.9 Å². The fourth-order valence-corrected chi connectivity index (χ4v) is 6.60. The van der Waals surface area contributed by atoms with Crippen LogP contribution in [0.2, 0.25) is 0 Å². The fraction of sp³-hybridized carbons (Fsp3) is 0.242. The predicted molar refractivity (Wildman–Crippen MR) is 163 cm³/mol. The van der Waals surface area contributed by atoms with Gasteiger partial charge >= 0.3 is 0 Å². The maximum Gasteiger partial charge on any atom is 0.269 e. The molecule has 2 heterocycles.